The zero-order valence-corrected chi connectivity index (χ0v) is 8.39. The first kappa shape index (κ1) is 9.39. The van der Waals surface area contributed by atoms with Gasteiger partial charge in [0.1, 0.15) is 0 Å². The molecule has 0 bridgehead atoms. The van der Waals surface area contributed by atoms with Gasteiger partial charge >= 0.3 is 0 Å². The van der Waals surface area contributed by atoms with Gasteiger partial charge in [-0.2, -0.15) is 13.1 Å². The molecule has 2 rings (SSSR count). The number of fused-ring (bicyclic) bond motifs is 1. The van der Waals surface area contributed by atoms with E-state index < -0.39 is 10.2 Å². The van der Waals surface area contributed by atoms with Gasteiger partial charge in [0.15, 0.2) is 0 Å². The third-order valence-electron chi connectivity index (χ3n) is 2.72. The van der Waals surface area contributed by atoms with Crippen LogP contribution in [0.3, 0.4) is 0 Å². The molecule has 1 aliphatic carbocycles. The van der Waals surface area contributed by atoms with E-state index >= 15 is 0 Å². The molecule has 2 unspecified atom stereocenters. The van der Waals surface area contributed by atoms with Gasteiger partial charge in [0, 0.05) is 12.6 Å². The first-order valence-corrected chi connectivity index (χ1v) is 6.10. The third kappa shape index (κ3) is 1.85. The van der Waals surface area contributed by atoms with Crippen LogP contribution in [0.4, 0.5) is 0 Å². The minimum Gasteiger partial charge on any atom is -0.316 e. The average molecular weight is 205 g/mol. The normalized spacial score (nSPS) is 37.5. The van der Waals surface area contributed by atoms with Crippen molar-refractivity contribution >= 4 is 10.2 Å². The summed E-state index contributed by atoms with van der Waals surface area (Å²) in [6, 6.07) is 0.172. The van der Waals surface area contributed by atoms with Gasteiger partial charge in [0.2, 0.25) is 0 Å². The van der Waals surface area contributed by atoms with Crippen molar-refractivity contribution < 1.29 is 8.42 Å². The summed E-state index contributed by atoms with van der Waals surface area (Å²) in [7, 11) is -3.24. The molecule has 1 heterocycles. The number of hydrogen-bond acceptors (Lipinski definition) is 3. The lowest BCUT2D eigenvalue weighted by atomic mass is 10.4. The highest BCUT2D eigenvalue weighted by Crippen LogP contribution is 2.41. The Morgan fingerprint density at radius 3 is 2.54 bits per heavy atom. The summed E-state index contributed by atoms with van der Waals surface area (Å²) in [4.78, 5) is 0. The summed E-state index contributed by atoms with van der Waals surface area (Å²) in [5.74, 6) is 1.04. The summed E-state index contributed by atoms with van der Waals surface area (Å²) < 4.78 is 27.6. The minimum absolute atomic E-state index is 0.172. The van der Waals surface area contributed by atoms with Gasteiger partial charge < -0.3 is 5.32 Å². The van der Waals surface area contributed by atoms with Gasteiger partial charge in [-0.3, -0.25) is 0 Å². The Bertz CT molecular complexity index is 280. The maximum Gasteiger partial charge on any atom is 0.277 e. The maximum absolute atomic E-state index is 11.3. The predicted octanol–water partition coefficient (Wildman–Crippen LogP) is -1.35. The van der Waals surface area contributed by atoms with E-state index in [0.29, 0.717) is 18.4 Å². The molecule has 0 amide bonds. The molecule has 0 aromatic carbocycles. The molecule has 6 heteroatoms. The number of nitrogens with one attached hydrogen (secondary N) is 3. The van der Waals surface area contributed by atoms with E-state index in [1.165, 1.54) is 0 Å². The van der Waals surface area contributed by atoms with Gasteiger partial charge in [-0.25, -0.2) is 4.72 Å². The van der Waals surface area contributed by atoms with Crippen LogP contribution in [-0.2, 0) is 10.2 Å². The molecule has 1 aliphatic heterocycles. The van der Waals surface area contributed by atoms with Crippen molar-refractivity contribution in [2.24, 2.45) is 11.8 Å². The first-order chi connectivity index (χ1) is 6.14. The summed E-state index contributed by atoms with van der Waals surface area (Å²) in [5, 5.41) is 3.21. The van der Waals surface area contributed by atoms with Crippen LogP contribution in [0.5, 0.6) is 0 Å². The lowest BCUT2D eigenvalue weighted by molar-refractivity contribution is 0.553. The fourth-order valence-electron chi connectivity index (χ4n) is 2.00. The Hall–Kier alpha value is -0.170. The van der Waals surface area contributed by atoms with Crippen LogP contribution < -0.4 is 14.8 Å². The van der Waals surface area contributed by atoms with Crippen LogP contribution in [0, 0.1) is 11.8 Å². The predicted molar refractivity (Wildman–Crippen MR) is 49.4 cm³/mol. The minimum atomic E-state index is -3.24. The lowest BCUT2D eigenvalue weighted by Gasteiger charge is -2.08. The molecule has 76 valence electrons. The molecule has 2 fully saturated rings. The Balaban J connectivity index is 1.86. The highest BCUT2D eigenvalue weighted by molar-refractivity contribution is 7.87. The molecule has 5 nitrogen and oxygen atoms in total. The molecular weight excluding hydrogens is 190 g/mol. The van der Waals surface area contributed by atoms with Crippen molar-refractivity contribution in [3.8, 4) is 0 Å². The van der Waals surface area contributed by atoms with Crippen LogP contribution in [0.1, 0.15) is 6.92 Å². The highest BCUT2D eigenvalue weighted by atomic mass is 32.2. The molecule has 0 aromatic rings. The van der Waals surface area contributed by atoms with E-state index in [4.69, 9.17) is 0 Å². The Kier molecular flexibility index (Phi) is 2.31. The van der Waals surface area contributed by atoms with Crippen LogP contribution in [-0.4, -0.2) is 34.1 Å². The van der Waals surface area contributed by atoms with E-state index in [-0.39, 0.29) is 6.04 Å². The monoisotopic (exact) mass is 205 g/mol. The SMILES string of the molecule is CCNS(=O)(=O)NC1C2CNCC21. The van der Waals surface area contributed by atoms with E-state index in [9.17, 15) is 8.42 Å². The van der Waals surface area contributed by atoms with Crippen molar-refractivity contribution in [3.63, 3.8) is 0 Å². The lowest BCUT2D eigenvalue weighted by Crippen LogP contribution is -2.40. The summed E-state index contributed by atoms with van der Waals surface area (Å²) in [6.45, 7) is 4.11. The van der Waals surface area contributed by atoms with Gasteiger partial charge in [-0.05, 0) is 24.9 Å². The van der Waals surface area contributed by atoms with Crippen molar-refractivity contribution in [2.75, 3.05) is 19.6 Å². The smallest absolute Gasteiger partial charge is 0.277 e. The Labute approximate surface area is 78.5 Å². The first-order valence-electron chi connectivity index (χ1n) is 4.61. The topological polar surface area (TPSA) is 70.2 Å². The van der Waals surface area contributed by atoms with Crippen LogP contribution in [0.15, 0.2) is 0 Å². The van der Waals surface area contributed by atoms with E-state index in [2.05, 4.69) is 14.8 Å². The molecule has 0 radical (unpaired) electrons. The van der Waals surface area contributed by atoms with E-state index in [1.54, 1.807) is 6.92 Å². The standard InChI is InChI=1S/C7H15N3O2S/c1-2-9-13(11,12)10-7-5-3-8-4-6(5)7/h5-10H,2-4H2,1H3. The zero-order chi connectivity index (χ0) is 9.47. The molecule has 2 aliphatic rings. The molecule has 0 spiro atoms. The summed E-state index contributed by atoms with van der Waals surface area (Å²) >= 11 is 0. The Morgan fingerprint density at radius 2 is 2.00 bits per heavy atom. The quantitative estimate of drug-likeness (QED) is 0.531. The number of rotatable bonds is 4. The van der Waals surface area contributed by atoms with Gasteiger partial charge in [-0.1, -0.05) is 6.92 Å². The van der Waals surface area contributed by atoms with Crippen LogP contribution >= 0.6 is 0 Å². The van der Waals surface area contributed by atoms with Crippen molar-refractivity contribution in [1.29, 1.82) is 0 Å². The average Bonchev–Trinajstić information content (AvgIpc) is 2.51. The van der Waals surface area contributed by atoms with Gasteiger partial charge in [-0.15, -0.1) is 0 Å². The molecular formula is C7H15N3O2S. The number of piperidine rings is 1. The van der Waals surface area contributed by atoms with Gasteiger partial charge in [0.25, 0.3) is 10.2 Å². The Morgan fingerprint density at radius 1 is 1.38 bits per heavy atom. The molecule has 1 saturated carbocycles. The maximum atomic E-state index is 11.3. The molecule has 13 heavy (non-hydrogen) atoms. The van der Waals surface area contributed by atoms with Crippen molar-refractivity contribution in [1.82, 2.24) is 14.8 Å². The second kappa shape index (κ2) is 3.20. The van der Waals surface area contributed by atoms with Gasteiger partial charge in [0.05, 0.1) is 0 Å². The van der Waals surface area contributed by atoms with E-state index in [0.717, 1.165) is 13.1 Å². The van der Waals surface area contributed by atoms with E-state index in [1.807, 2.05) is 0 Å². The van der Waals surface area contributed by atoms with Crippen LogP contribution in [0.25, 0.3) is 0 Å². The molecule has 3 N–H and O–H groups in total. The molecule has 0 aromatic heterocycles. The molecule has 2 atom stereocenters. The summed E-state index contributed by atoms with van der Waals surface area (Å²) in [6.07, 6.45) is 0. The summed E-state index contributed by atoms with van der Waals surface area (Å²) in [5.41, 5.74) is 0. The fraction of sp³-hybridized carbons (Fsp3) is 1.00. The fourth-order valence-corrected chi connectivity index (χ4v) is 3.18. The largest absolute Gasteiger partial charge is 0.316 e. The second-order valence-electron chi connectivity index (χ2n) is 3.63. The molecule has 1 saturated heterocycles. The second-order valence-corrected chi connectivity index (χ2v) is 5.16. The van der Waals surface area contributed by atoms with Crippen LogP contribution in [0.2, 0.25) is 0 Å². The van der Waals surface area contributed by atoms with Crippen molar-refractivity contribution in [2.45, 2.75) is 13.0 Å². The highest BCUT2D eigenvalue weighted by Gasteiger charge is 2.54. The zero-order valence-electron chi connectivity index (χ0n) is 7.58. The third-order valence-corrected chi connectivity index (χ3v) is 3.97. The number of hydrogen-bond donors (Lipinski definition) is 3. The van der Waals surface area contributed by atoms with Crippen molar-refractivity contribution in [3.05, 3.63) is 0 Å².